The van der Waals surface area contributed by atoms with Gasteiger partial charge < -0.3 is 14.8 Å². The van der Waals surface area contributed by atoms with Crippen molar-refractivity contribution < 1.29 is 4.39 Å². The number of aromatic nitrogens is 7. The number of piperazine rings is 1. The second-order valence-corrected chi connectivity index (χ2v) is 10.5. The zero-order valence-electron chi connectivity index (χ0n) is 23.2. The number of likely N-dealkylation sites (N-methyl/N-ethyl adjacent to an activating group) is 1. The number of nitrogens with one attached hydrogen (secondary N) is 1. The van der Waals surface area contributed by atoms with Crippen molar-refractivity contribution in [2.45, 2.75) is 59.0 Å². The number of fused-ring (bicyclic) bond motifs is 1. The second-order valence-electron chi connectivity index (χ2n) is 10.5. The molecule has 4 aromatic heterocycles. The predicted octanol–water partition coefficient (Wildman–Crippen LogP) is 4.62. The van der Waals surface area contributed by atoms with Crippen LogP contribution in [0.25, 0.3) is 22.7 Å². The highest BCUT2D eigenvalue weighted by molar-refractivity contribution is 5.73. The van der Waals surface area contributed by atoms with Crippen LogP contribution in [0.15, 0.2) is 30.7 Å². The van der Waals surface area contributed by atoms with E-state index < -0.39 is 5.82 Å². The van der Waals surface area contributed by atoms with Crippen LogP contribution in [0.5, 0.6) is 0 Å². The lowest BCUT2D eigenvalue weighted by molar-refractivity contribution is 0.148. The van der Waals surface area contributed by atoms with Gasteiger partial charge in [-0.15, -0.1) is 0 Å². The topological polar surface area (TPSA) is 101 Å². The molecule has 4 aromatic rings. The van der Waals surface area contributed by atoms with E-state index in [4.69, 9.17) is 9.97 Å². The molecule has 0 spiro atoms. The van der Waals surface area contributed by atoms with Crippen LogP contribution in [0.3, 0.4) is 0 Å². The summed E-state index contributed by atoms with van der Waals surface area (Å²) in [5.41, 5.74) is 2.58. The van der Waals surface area contributed by atoms with Crippen LogP contribution in [-0.4, -0.2) is 77.5 Å². The third-order valence-electron chi connectivity index (χ3n) is 7.04. The molecule has 0 saturated carbocycles. The van der Waals surface area contributed by atoms with Crippen molar-refractivity contribution in [2.75, 3.05) is 38.5 Å². The highest BCUT2D eigenvalue weighted by atomic mass is 19.1. The molecule has 0 bridgehead atoms. The average molecular weight is 533 g/mol. The molecule has 206 valence electrons. The quantitative estimate of drug-likeness (QED) is 0.293. The van der Waals surface area contributed by atoms with Gasteiger partial charge in [-0.1, -0.05) is 39.7 Å². The van der Waals surface area contributed by atoms with Crippen LogP contribution >= 0.6 is 0 Å². The van der Waals surface area contributed by atoms with Gasteiger partial charge >= 0.3 is 0 Å². The molecule has 0 amide bonds. The first kappa shape index (κ1) is 27.0. The van der Waals surface area contributed by atoms with E-state index in [1.807, 2.05) is 18.3 Å². The molecule has 1 saturated heterocycles. The molecule has 0 radical (unpaired) electrons. The van der Waals surface area contributed by atoms with Gasteiger partial charge in [-0.05, 0) is 25.1 Å². The van der Waals surface area contributed by atoms with E-state index in [9.17, 15) is 4.39 Å². The first-order valence-electron chi connectivity index (χ1n) is 13.8. The van der Waals surface area contributed by atoms with Crippen LogP contribution in [0.2, 0.25) is 0 Å². The normalized spacial score (nSPS) is 14.9. The summed E-state index contributed by atoms with van der Waals surface area (Å²) in [4.78, 5) is 31.7. The fourth-order valence-corrected chi connectivity index (χ4v) is 4.79. The number of anilines is 2. The zero-order valence-corrected chi connectivity index (χ0v) is 23.2. The van der Waals surface area contributed by atoms with E-state index in [1.165, 1.54) is 0 Å². The van der Waals surface area contributed by atoms with Gasteiger partial charge in [0.1, 0.15) is 22.9 Å². The van der Waals surface area contributed by atoms with Crippen LogP contribution < -0.4 is 5.32 Å². The maximum atomic E-state index is 14.9. The average Bonchev–Trinajstić information content (AvgIpc) is 3.30. The van der Waals surface area contributed by atoms with Gasteiger partial charge in [0, 0.05) is 51.4 Å². The summed E-state index contributed by atoms with van der Waals surface area (Å²) in [6.07, 6.45) is 7.91. The minimum absolute atomic E-state index is 0.0356. The minimum atomic E-state index is -0.587. The molecule has 1 N–H and O–H groups in total. The third-order valence-corrected chi connectivity index (χ3v) is 7.04. The molecule has 0 unspecified atom stereocenters. The summed E-state index contributed by atoms with van der Waals surface area (Å²) in [5, 5.41) is 3.09. The van der Waals surface area contributed by atoms with Gasteiger partial charge in [-0.3, -0.25) is 4.90 Å². The number of pyridine rings is 1. The van der Waals surface area contributed by atoms with E-state index in [-0.39, 0.29) is 23.4 Å². The van der Waals surface area contributed by atoms with E-state index in [0.717, 1.165) is 76.1 Å². The SMILES string of the molecule is CCCCCn1c(C(C)C)nc2cnc(-c3nc(Nc4ccc(CN5CCN(C)CC5)cn4)ncc3F)nc21. The van der Waals surface area contributed by atoms with Crippen molar-refractivity contribution in [2.24, 2.45) is 0 Å². The Morgan fingerprint density at radius 3 is 2.49 bits per heavy atom. The second kappa shape index (κ2) is 12.1. The number of aryl methyl sites for hydroxylation is 1. The summed E-state index contributed by atoms with van der Waals surface area (Å²) in [6, 6.07) is 3.93. The van der Waals surface area contributed by atoms with Crippen molar-refractivity contribution >= 4 is 22.9 Å². The monoisotopic (exact) mass is 532 g/mol. The molecule has 5 rings (SSSR count). The highest BCUT2D eigenvalue weighted by Crippen LogP contribution is 2.25. The number of rotatable bonds is 10. The molecule has 39 heavy (non-hydrogen) atoms. The fourth-order valence-electron chi connectivity index (χ4n) is 4.79. The standard InChI is InChI=1S/C28H37FN10/c1-5-6-7-10-39-26(19(2)3)33-22-17-31-25(36-27(22)39)24-21(29)16-32-28(35-24)34-23-9-8-20(15-30-23)18-38-13-11-37(4)12-14-38/h8-9,15-17,19H,5-7,10-14,18H2,1-4H3,(H,30,32,34,35). The summed E-state index contributed by atoms with van der Waals surface area (Å²) in [5.74, 6) is 1.62. The number of unbranched alkanes of at least 4 members (excludes halogenated alkanes) is 2. The Kier molecular flexibility index (Phi) is 8.37. The van der Waals surface area contributed by atoms with Gasteiger partial charge in [0.25, 0.3) is 0 Å². The molecule has 1 aliphatic rings. The number of halogens is 1. The van der Waals surface area contributed by atoms with Gasteiger partial charge in [-0.2, -0.15) is 0 Å². The number of hydrogen-bond donors (Lipinski definition) is 1. The van der Waals surface area contributed by atoms with Gasteiger partial charge in [0.15, 0.2) is 17.3 Å². The third kappa shape index (κ3) is 6.36. The largest absolute Gasteiger partial charge is 0.312 e. The Bertz CT molecular complexity index is 1390. The van der Waals surface area contributed by atoms with Crippen LogP contribution in [-0.2, 0) is 13.1 Å². The van der Waals surface area contributed by atoms with E-state index in [0.29, 0.717) is 17.0 Å². The minimum Gasteiger partial charge on any atom is -0.312 e. The van der Waals surface area contributed by atoms with Gasteiger partial charge in [0.05, 0.1) is 12.4 Å². The zero-order chi connectivity index (χ0) is 27.4. The van der Waals surface area contributed by atoms with Crippen molar-refractivity contribution in [3.05, 3.63) is 47.9 Å². The molecule has 11 heteroatoms. The van der Waals surface area contributed by atoms with Gasteiger partial charge in [0.2, 0.25) is 5.95 Å². The molecule has 0 aliphatic carbocycles. The maximum absolute atomic E-state index is 14.9. The number of nitrogens with zero attached hydrogens (tertiary/aromatic N) is 9. The van der Waals surface area contributed by atoms with Gasteiger partial charge in [-0.25, -0.2) is 34.3 Å². The fraction of sp³-hybridized carbons (Fsp3) is 0.500. The molecular weight excluding hydrogens is 495 g/mol. The first-order chi connectivity index (χ1) is 18.9. The summed E-state index contributed by atoms with van der Waals surface area (Å²) in [6.45, 7) is 12.3. The molecular formula is C28H37FN10. The van der Waals surface area contributed by atoms with Crippen LogP contribution in [0, 0.1) is 5.82 Å². The lowest BCUT2D eigenvalue weighted by Gasteiger charge is -2.32. The maximum Gasteiger partial charge on any atom is 0.229 e. The van der Waals surface area contributed by atoms with E-state index in [1.54, 1.807) is 6.20 Å². The number of imidazole rings is 1. The van der Waals surface area contributed by atoms with Crippen molar-refractivity contribution in [1.82, 2.24) is 44.3 Å². The molecule has 1 aliphatic heterocycles. The van der Waals surface area contributed by atoms with E-state index >= 15 is 0 Å². The van der Waals surface area contributed by atoms with Crippen molar-refractivity contribution in [1.29, 1.82) is 0 Å². The van der Waals surface area contributed by atoms with Crippen molar-refractivity contribution in [3.63, 3.8) is 0 Å². The molecule has 0 atom stereocenters. The Morgan fingerprint density at radius 2 is 1.77 bits per heavy atom. The van der Waals surface area contributed by atoms with Crippen LogP contribution in [0.1, 0.15) is 57.3 Å². The van der Waals surface area contributed by atoms with E-state index in [2.05, 4.69) is 67.4 Å². The summed E-state index contributed by atoms with van der Waals surface area (Å²) in [7, 11) is 2.15. The first-order valence-corrected chi connectivity index (χ1v) is 13.8. The predicted molar refractivity (Wildman–Crippen MR) is 150 cm³/mol. The Labute approximate surface area is 228 Å². The lowest BCUT2D eigenvalue weighted by Crippen LogP contribution is -2.43. The molecule has 0 aromatic carbocycles. The summed E-state index contributed by atoms with van der Waals surface area (Å²) >= 11 is 0. The Hall–Kier alpha value is -3.57. The van der Waals surface area contributed by atoms with Crippen molar-refractivity contribution in [3.8, 4) is 11.5 Å². The summed E-state index contributed by atoms with van der Waals surface area (Å²) < 4.78 is 17.0. The number of hydrogen-bond acceptors (Lipinski definition) is 9. The van der Waals surface area contributed by atoms with Crippen LogP contribution in [0.4, 0.5) is 16.2 Å². The Morgan fingerprint density at radius 1 is 0.949 bits per heavy atom. The smallest absolute Gasteiger partial charge is 0.229 e. The molecule has 1 fully saturated rings. The Balaban J connectivity index is 1.35. The highest BCUT2D eigenvalue weighted by Gasteiger charge is 2.19. The molecule has 10 nitrogen and oxygen atoms in total. The molecule has 5 heterocycles. The lowest BCUT2D eigenvalue weighted by atomic mass is 10.2.